The van der Waals surface area contributed by atoms with Crippen molar-refractivity contribution in [3.05, 3.63) is 22.8 Å². The molecule has 0 aromatic rings. The number of hydrogen-bond acceptors (Lipinski definition) is 6. The van der Waals surface area contributed by atoms with Crippen molar-refractivity contribution in [2.75, 3.05) is 0 Å². The van der Waals surface area contributed by atoms with E-state index in [1.807, 2.05) is 13.0 Å². The lowest BCUT2D eigenvalue weighted by atomic mass is 9.89. The Morgan fingerprint density at radius 3 is 2.81 bits per heavy atom. The van der Waals surface area contributed by atoms with Crippen LogP contribution in [0.2, 0.25) is 0 Å². The molecule has 5 rings (SSSR count). The Morgan fingerprint density at radius 1 is 1.24 bits per heavy atom. The molecule has 110 valence electrons. The molecule has 0 aliphatic carbocycles. The molecule has 0 aromatic carbocycles. The Kier molecular flexibility index (Phi) is 1.83. The van der Waals surface area contributed by atoms with Crippen molar-refractivity contribution in [3.63, 3.8) is 0 Å². The Balaban J connectivity index is 1.73. The van der Waals surface area contributed by atoms with E-state index in [1.165, 1.54) is 0 Å². The van der Waals surface area contributed by atoms with Crippen LogP contribution in [0, 0.1) is 0 Å². The molecule has 5 heterocycles. The zero-order valence-corrected chi connectivity index (χ0v) is 11.7. The summed E-state index contributed by atoms with van der Waals surface area (Å²) in [6.07, 6.45) is 1.97. The van der Waals surface area contributed by atoms with Crippen molar-refractivity contribution < 1.29 is 28.5 Å². The van der Waals surface area contributed by atoms with Crippen LogP contribution in [0.15, 0.2) is 22.8 Å². The second-order valence-electron chi connectivity index (χ2n) is 6.38. The molecule has 0 N–H and O–H groups in total. The second-order valence-corrected chi connectivity index (χ2v) is 6.38. The lowest BCUT2D eigenvalue weighted by Crippen LogP contribution is -2.39. The fourth-order valence-corrected chi connectivity index (χ4v) is 4.06. The number of rotatable bonds is 0. The van der Waals surface area contributed by atoms with Gasteiger partial charge in [0.2, 0.25) is 0 Å². The van der Waals surface area contributed by atoms with Crippen LogP contribution in [0.5, 0.6) is 0 Å². The summed E-state index contributed by atoms with van der Waals surface area (Å²) < 4.78 is 22.8. The maximum atomic E-state index is 12.2. The van der Waals surface area contributed by atoms with E-state index in [2.05, 4.69) is 0 Å². The second kappa shape index (κ2) is 3.23. The van der Waals surface area contributed by atoms with E-state index in [4.69, 9.17) is 18.9 Å². The first-order valence-electron chi connectivity index (χ1n) is 7.17. The minimum Gasteiger partial charge on any atom is -0.452 e. The topological polar surface area (TPSA) is 74.4 Å². The Hall–Kier alpha value is -1.66. The van der Waals surface area contributed by atoms with E-state index in [0.717, 1.165) is 5.57 Å². The normalized spacial score (nSPS) is 49.6. The van der Waals surface area contributed by atoms with E-state index in [-0.39, 0.29) is 18.2 Å². The molecular weight excluding hydrogens is 276 g/mol. The van der Waals surface area contributed by atoms with Gasteiger partial charge in [0.05, 0.1) is 11.7 Å². The summed E-state index contributed by atoms with van der Waals surface area (Å²) in [5.41, 5.74) is 1.22. The van der Waals surface area contributed by atoms with Gasteiger partial charge in [-0.25, -0.2) is 9.59 Å². The molecule has 0 unspecified atom stereocenters. The van der Waals surface area contributed by atoms with E-state index in [9.17, 15) is 9.59 Å². The van der Waals surface area contributed by atoms with Gasteiger partial charge in [-0.1, -0.05) is 0 Å². The molecule has 1 spiro atoms. The lowest BCUT2D eigenvalue weighted by Gasteiger charge is -2.29. The fourth-order valence-electron chi connectivity index (χ4n) is 4.06. The maximum absolute atomic E-state index is 12.2. The van der Waals surface area contributed by atoms with Gasteiger partial charge < -0.3 is 18.9 Å². The van der Waals surface area contributed by atoms with Crippen LogP contribution in [0.1, 0.15) is 26.7 Å². The molecule has 5 atom stereocenters. The van der Waals surface area contributed by atoms with Crippen molar-refractivity contribution in [2.24, 2.45) is 0 Å². The third-order valence-electron chi connectivity index (χ3n) is 5.23. The summed E-state index contributed by atoms with van der Waals surface area (Å²) in [6, 6.07) is 0. The van der Waals surface area contributed by atoms with Crippen LogP contribution in [-0.2, 0) is 28.5 Å². The molecule has 6 heteroatoms. The third kappa shape index (κ3) is 1.18. The van der Waals surface area contributed by atoms with Crippen molar-refractivity contribution in [2.45, 2.75) is 56.4 Å². The number of carbonyl (C=O) groups excluding carboxylic acids is 2. The van der Waals surface area contributed by atoms with Gasteiger partial charge in [-0.15, -0.1) is 0 Å². The van der Waals surface area contributed by atoms with Crippen LogP contribution in [0.3, 0.4) is 0 Å². The van der Waals surface area contributed by atoms with E-state index in [0.29, 0.717) is 24.0 Å². The summed E-state index contributed by atoms with van der Waals surface area (Å²) in [5.74, 6) is -1.97. The fraction of sp³-hybridized carbons (Fsp3) is 0.600. The van der Waals surface area contributed by atoms with E-state index < -0.39 is 23.5 Å². The zero-order chi connectivity index (χ0) is 14.6. The summed E-state index contributed by atoms with van der Waals surface area (Å²) in [4.78, 5) is 24.2. The molecule has 21 heavy (non-hydrogen) atoms. The number of carbonyl (C=O) groups is 2. The number of hydrogen-bond donors (Lipinski definition) is 0. The molecule has 0 saturated carbocycles. The SMILES string of the molecule is CC1=C[C@]23OC(=O)C(C)=C2[C@H]2OC(=O)[C@]4(CC[C@H]1O3)O[C@H]24. The molecule has 3 saturated heterocycles. The lowest BCUT2D eigenvalue weighted by molar-refractivity contribution is -0.192. The van der Waals surface area contributed by atoms with Gasteiger partial charge in [0.15, 0.2) is 11.7 Å². The van der Waals surface area contributed by atoms with Crippen LogP contribution < -0.4 is 0 Å². The van der Waals surface area contributed by atoms with Crippen LogP contribution in [0.25, 0.3) is 0 Å². The molecule has 3 fully saturated rings. The first-order valence-corrected chi connectivity index (χ1v) is 7.17. The minimum absolute atomic E-state index is 0.162. The van der Waals surface area contributed by atoms with Crippen LogP contribution >= 0.6 is 0 Å². The summed E-state index contributed by atoms with van der Waals surface area (Å²) in [6.45, 7) is 3.63. The molecule has 0 aromatic heterocycles. The van der Waals surface area contributed by atoms with Gasteiger partial charge in [0.25, 0.3) is 5.79 Å². The number of esters is 2. The van der Waals surface area contributed by atoms with Crippen molar-refractivity contribution >= 4 is 11.9 Å². The summed E-state index contributed by atoms with van der Waals surface area (Å²) in [5, 5.41) is 0. The number of ether oxygens (including phenoxy) is 4. The van der Waals surface area contributed by atoms with E-state index >= 15 is 0 Å². The average molecular weight is 290 g/mol. The maximum Gasteiger partial charge on any atom is 0.342 e. The van der Waals surface area contributed by atoms with Gasteiger partial charge >= 0.3 is 11.9 Å². The van der Waals surface area contributed by atoms with Crippen molar-refractivity contribution in [1.29, 1.82) is 0 Å². The molecule has 5 aliphatic heterocycles. The molecule has 0 amide bonds. The largest absolute Gasteiger partial charge is 0.452 e. The first kappa shape index (κ1) is 11.9. The molecule has 6 nitrogen and oxygen atoms in total. The van der Waals surface area contributed by atoms with Crippen LogP contribution in [-0.4, -0.2) is 41.6 Å². The highest BCUT2D eigenvalue weighted by atomic mass is 16.7. The predicted molar refractivity (Wildman–Crippen MR) is 66.9 cm³/mol. The Bertz CT molecular complexity index is 676. The van der Waals surface area contributed by atoms with Gasteiger partial charge in [-0.05, 0) is 38.3 Å². The van der Waals surface area contributed by atoms with Crippen molar-refractivity contribution in [1.82, 2.24) is 0 Å². The summed E-state index contributed by atoms with van der Waals surface area (Å²) >= 11 is 0. The summed E-state index contributed by atoms with van der Waals surface area (Å²) in [7, 11) is 0. The Morgan fingerprint density at radius 2 is 2.05 bits per heavy atom. The molecular formula is C15H14O6. The van der Waals surface area contributed by atoms with Crippen molar-refractivity contribution in [3.8, 4) is 0 Å². The average Bonchev–Trinajstić information content (AvgIpc) is 2.90. The van der Waals surface area contributed by atoms with Gasteiger partial charge in [0, 0.05) is 5.57 Å². The zero-order valence-electron chi connectivity index (χ0n) is 11.7. The van der Waals surface area contributed by atoms with Crippen LogP contribution in [0.4, 0.5) is 0 Å². The standard InChI is InChI=1S/C15H14O6/c1-6-5-15-9(7(2)12(16)21-15)10-11-14(20-11,13(17)18-10)4-3-8(6)19-15/h5,8,10-11H,3-4H2,1-2H3/t8-,10-,11-,14-,15+/m1/s1. The Labute approximate surface area is 120 Å². The minimum atomic E-state index is -1.22. The predicted octanol–water partition coefficient (Wildman–Crippen LogP) is 0.758. The highest BCUT2D eigenvalue weighted by Crippen LogP contribution is 2.58. The monoisotopic (exact) mass is 290 g/mol. The smallest absolute Gasteiger partial charge is 0.342 e. The van der Waals surface area contributed by atoms with Gasteiger partial charge in [0.1, 0.15) is 6.10 Å². The molecule has 0 radical (unpaired) electrons. The van der Waals surface area contributed by atoms with Gasteiger partial charge in [-0.3, -0.25) is 0 Å². The van der Waals surface area contributed by atoms with E-state index in [1.54, 1.807) is 6.92 Å². The third-order valence-corrected chi connectivity index (χ3v) is 5.23. The van der Waals surface area contributed by atoms with Gasteiger partial charge in [-0.2, -0.15) is 0 Å². The first-order chi connectivity index (χ1) is 9.97. The highest BCUT2D eigenvalue weighted by Gasteiger charge is 2.76. The number of epoxide rings is 1. The quantitative estimate of drug-likeness (QED) is 0.372. The molecule has 4 bridgehead atoms. The highest BCUT2D eigenvalue weighted by molar-refractivity contribution is 5.94. The molecule has 5 aliphatic rings. The number of fused-ring (bicyclic) bond motifs is 2.